The van der Waals surface area contributed by atoms with E-state index < -0.39 is 60.3 Å². The summed E-state index contributed by atoms with van der Waals surface area (Å²) in [6.45, 7) is 0.743. The molecule has 0 radical (unpaired) electrons. The molecule has 1 aliphatic heterocycles. The van der Waals surface area contributed by atoms with Crippen LogP contribution in [-0.2, 0) is 10.9 Å². The molecule has 15 heteroatoms. The number of nitrogens with zero attached hydrogens (tertiary/aromatic N) is 6. The lowest BCUT2D eigenvalue weighted by atomic mass is 9.92. The number of aliphatic hydroxyl groups is 3. The number of hydrogen-bond donors (Lipinski definition) is 3. The van der Waals surface area contributed by atoms with Crippen LogP contribution in [0.3, 0.4) is 0 Å². The van der Waals surface area contributed by atoms with E-state index in [1.807, 2.05) is 0 Å². The van der Waals surface area contributed by atoms with Crippen molar-refractivity contribution >= 4 is 11.6 Å². The predicted molar refractivity (Wildman–Crippen MR) is 127 cm³/mol. The van der Waals surface area contributed by atoms with E-state index in [-0.39, 0.29) is 22.4 Å². The third-order valence-corrected chi connectivity index (χ3v) is 6.54. The summed E-state index contributed by atoms with van der Waals surface area (Å²) in [7, 11) is 0. The van der Waals surface area contributed by atoms with Gasteiger partial charge in [-0.25, -0.2) is 14.1 Å². The Morgan fingerprint density at radius 3 is 2.59 bits per heavy atom. The SMILES string of the molecule is Cc1nc([C@@H]2OC(CO)[C@H](O)[C@H](n3cc(-c4cc(F)ccn4)cn3)C2O)n(-c2cc(Cl)ccc2C(F)(F)F)n1. The molecular formula is C24H21ClF4N6O4. The summed E-state index contributed by atoms with van der Waals surface area (Å²) >= 11 is 6.01. The van der Waals surface area contributed by atoms with Gasteiger partial charge < -0.3 is 20.1 Å². The van der Waals surface area contributed by atoms with Crippen molar-refractivity contribution in [2.45, 2.75) is 43.6 Å². The molecule has 5 atom stereocenters. The maximum absolute atomic E-state index is 13.9. The third-order valence-electron chi connectivity index (χ3n) is 6.30. The van der Waals surface area contributed by atoms with E-state index in [0.717, 1.165) is 22.9 Å². The number of benzene rings is 1. The molecule has 1 aromatic carbocycles. The molecule has 4 aromatic rings. The number of pyridine rings is 1. The number of ether oxygens (including phenoxy) is 1. The van der Waals surface area contributed by atoms with E-state index in [9.17, 15) is 32.9 Å². The number of aromatic nitrogens is 6. The normalized spacial score (nSPS) is 23.8. The van der Waals surface area contributed by atoms with Gasteiger partial charge in [-0.2, -0.15) is 23.4 Å². The summed E-state index contributed by atoms with van der Waals surface area (Å²) in [6, 6.07) is 4.02. The van der Waals surface area contributed by atoms with Gasteiger partial charge in [0.2, 0.25) is 0 Å². The summed E-state index contributed by atoms with van der Waals surface area (Å²) < 4.78 is 63.1. The highest BCUT2D eigenvalue weighted by Gasteiger charge is 2.48. The van der Waals surface area contributed by atoms with Crippen LogP contribution in [0.5, 0.6) is 0 Å². The van der Waals surface area contributed by atoms with Gasteiger partial charge in [0, 0.05) is 29.0 Å². The zero-order valence-corrected chi connectivity index (χ0v) is 20.8. The molecule has 39 heavy (non-hydrogen) atoms. The Morgan fingerprint density at radius 2 is 1.90 bits per heavy atom. The quantitative estimate of drug-likeness (QED) is 0.313. The van der Waals surface area contributed by atoms with Crippen molar-refractivity contribution in [3.8, 4) is 16.9 Å². The van der Waals surface area contributed by atoms with Crippen LogP contribution in [0, 0.1) is 12.7 Å². The molecule has 3 N–H and O–H groups in total. The summed E-state index contributed by atoms with van der Waals surface area (Å²) in [4.78, 5) is 8.29. The van der Waals surface area contributed by atoms with Crippen LogP contribution in [-0.4, -0.2) is 69.8 Å². The molecule has 0 bridgehead atoms. The fourth-order valence-electron chi connectivity index (χ4n) is 4.54. The smallest absolute Gasteiger partial charge is 0.394 e. The van der Waals surface area contributed by atoms with Crippen molar-refractivity contribution in [1.29, 1.82) is 0 Å². The number of aliphatic hydroxyl groups excluding tert-OH is 3. The number of hydrogen-bond acceptors (Lipinski definition) is 8. The zero-order valence-electron chi connectivity index (χ0n) is 20.0. The van der Waals surface area contributed by atoms with Gasteiger partial charge in [0.15, 0.2) is 5.82 Å². The molecular weight excluding hydrogens is 548 g/mol. The lowest BCUT2D eigenvalue weighted by Crippen LogP contribution is -2.53. The molecule has 0 saturated carbocycles. The molecule has 10 nitrogen and oxygen atoms in total. The molecule has 5 rings (SSSR count). The van der Waals surface area contributed by atoms with Crippen LogP contribution >= 0.6 is 11.6 Å². The minimum Gasteiger partial charge on any atom is -0.394 e. The van der Waals surface area contributed by atoms with Crippen LogP contribution in [0.25, 0.3) is 16.9 Å². The Labute approximate surface area is 223 Å². The van der Waals surface area contributed by atoms with Gasteiger partial charge in [-0.05, 0) is 31.2 Å². The number of rotatable bonds is 5. The molecule has 0 spiro atoms. The topological polar surface area (TPSA) is 131 Å². The van der Waals surface area contributed by atoms with E-state index in [1.54, 1.807) is 0 Å². The Morgan fingerprint density at radius 1 is 1.13 bits per heavy atom. The molecule has 0 amide bonds. The van der Waals surface area contributed by atoms with Gasteiger partial charge in [0.05, 0.1) is 29.7 Å². The van der Waals surface area contributed by atoms with Gasteiger partial charge in [0.25, 0.3) is 0 Å². The van der Waals surface area contributed by atoms with Crippen molar-refractivity contribution in [3.63, 3.8) is 0 Å². The van der Waals surface area contributed by atoms with Crippen LogP contribution in [0.15, 0.2) is 48.9 Å². The lowest BCUT2D eigenvalue weighted by molar-refractivity contribution is -0.210. The molecule has 2 unspecified atom stereocenters. The molecule has 1 aliphatic rings. The van der Waals surface area contributed by atoms with Crippen LogP contribution in [0.4, 0.5) is 17.6 Å². The molecule has 4 heterocycles. The lowest BCUT2D eigenvalue weighted by Gasteiger charge is -2.42. The predicted octanol–water partition coefficient (Wildman–Crippen LogP) is 3.04. The standard InChI is InChI=1S/C24H21ClF4N6O4/c1-11-32-23(35(33-11)17-6-13(25)2-3-15(17)24(27,28)29)22-21(38)19(20(37)18(10-36)39-22)34-9-12(8-31-34)16-7-14(26)4-5-30-16/h2-9,18-22,36-38H,10H2,1H3/t18?,19-,20-,21?,22+/m0/s1. The second kappa shape index (κ2) is 10.3. The van der Waals surface area contributed by atoms with Crippen LogP contribution in [0.1, 0.15) is 29.4 Å². The summed E-state index contributed by atoms with van der Waals surface area (Å²) in [5.41, 5.74) is -0.907. The first-order valence-corrected chi connectivity index (χ1v) is 11.9. The summed E-state index contributed by atoms with van der Waals surface area (Å²) in [5.74, 6) is -0.689. The summed E-state index contributed by atoms with van der Waals surface area (Å²) in [5, 5.41) is 40.5. The molecule has 0 aliphatic carbocycles. The highest BCUT2D eigenvalue weighted by atomic mass is 35.5. The summed E-state index contributed by atoms with van der Waals surface area (Å²) in [6.07, 6.45) is -6.63. The second-order valence-corrected chi connectivity index (χ2v) is 9.34. The van der Waals surface area contributed by atoms with Crippen LogP contribution < -0.4 is 0 Å². The van der Waals surface area contributed by atoms with Gasteiger partial charge in [-0.3, -0.25) is 9.67 Å². The van der Waals surface area contributed by atoms with E-state index in [1.165, 1.54) is 42.3 Å². The maximum atomic E-state index is 13.9. The van der Waals surface area contributed by atoms with E-state index in [2.05, 4.69) is 20.2 Å². The van der Waals surface area contributed by atoms with E-state index in [4.69, 9.17) is 16.3 Å². The Bertz CT molecular complexity index is 1500. The largest absolute Gasteiger partial charge is 0.418 e. The monoisotopic (exact) mass is 568 g/mol. The van der Waals surface area contributed by atoms with E-state index in [0.29, 0.717) is 5.56 Å². The molecule has 3 aromatic heterocycles. The van der Waals surface area contributed by atoms with E-state index >= 15 is 0 Å². The van der Waals surface area contributed by atoms with Gasteiger partial charge in [0.1, 0.15) is 42.1 Å². The maximum Gasteiger partial charge on any atom is 0.418 e. The van der Waals surface area contributed by atoms with Gasteiger partial charge in [-0.15, -0.1) is 0 Å². The van der Waals surface area contributed by atoms with Crippen molar-refractivity contribution in [2.24, 2.45) is 0 Å². The fraction of sp³-hybridized carbons (Fsp3) is 0.333. The second-order valence-electron chi connectivity index (χ2n) is 8.91. The van der Waals surface area contributed by atoms with Gasteiger partial charge >= 0.3 is 6.18 Å². The number of halogens is 5. The van der Waals surface area contributed by atoms with Crippen molar-refractivity contribution < 1.29 is 37.6 Å². The fourth-order valence-corrected chi connectivity index (χ4v) is 4.70. The van der Waals surface area contributed by atoms with Crippen molar-refractivity contribution in [1.82, 2.24) is 29.5 Å². The van der Waals surface area contributed by atoms with Crippen molar-refractivity contribution in [2.75, 3.05) is 6.61 Å². The molecule has 1 saturated heterocycles. The first kappa shape index (κ1) is 27.1. The van der Waals surface area contributed by atoms with Crippen molar-refractivity contribution in [3.05, 3.63) is 77.0 Å². The average Bonchev–Trinajstić information content (AvgIpc) is 3.51. The Hall–Kier alpha value is -3.43. The highest BCUT2D eigenvalue weighted by Crippen LogP contribution is 2.41. The van der Waals surface area contributed by atoms with Crippen LogP contribution in [0.2, 0.25) is 5.02 Å². The molecule has 206 valence electrons. The number of aryl methyl sites for hydroxylation is 1. The zero-order chi connectivity index (χ0) is 28.1. The molecule has 1 fully saturated rings. The first-order chi connectivity index (χ1) is 18.5. The minimum atomic E-state index is -4.77. The Kier molecular flexibility index (Phi) is 7.15. The minimum absolute atomic E-state index is 0.00113. The first-order valence-electron chi connectivity index (χ1n) is 11.6. The Balaban J connectivity index is 1.58. The third kappa shape index (κ3) is 5.13. The highest BCUT2D eigenvalue weighted by molar-refractivity contribution is 6.30. The average molecular weight is 569 g/mol. The number of alkyl halides is 3. The van der Waals surface area contributed by atoms with Gasteiger partial charge in [-0.1, -0.05) is 11.6 Å².